The monoisotopic (exact) mass is 591 g/mol. The molecule has 0 aromatic heterocycles. The van der Waals surface area contributed by atoms with Gasteiger partial charge in [-0.1, -0.05) is 57.5 Å². The average molecular weight is 592 g/mol. The van der Waals surface area contributed by atoms with Gasteiger partial charge in [0.1, 0.15) is 11.4 Å². The molecule has 10 nitrogen and oxygen atoms in total. The molecular formula is C30H46ClN5O5. The number of nitrogens with two attached hydrogens (primary N) is 1. The van der Waals surface area contributed by atoms with E-state index < -0.39 is 0 Å². The van der Waals surface area contributed by atoms with Gasteiger partial charge in [-0.15, -0.1) is 0 Å². The molecule has 228 valence electrons. The Morgan fingerprint density at radius 1 is 1.07 bits per heavy atom. The Bertz CT molecular complexity index is 1090. The fraction of sp³-hybridized carbons (Fsp3) is 0.433. The van der Waals surface area contributed by atoms with Gasteiger partial charge in [-0.3, -0.25) is 14.4 Å². The van der Waals surface area contributed by atoms with Crippen molar-refractivity contribution in [3.63, 3.8) is 0 Å². The van der Waals surface area contributed by atoms with Crippen LogP contribution >= 0.6 is 11.6 Å². The molecule has 0 fully saturated rings. The fourth-order valence-electron chi connectivity index (χ4n) is 3.53. The summed E-state index contributed by atoms with van der Waals surface area (Å²) in [5, 5.41) is 12.1. The highest BCUT2D eigenvalue weighted by molar-refractivity contribution is 6.30. The van der Waals surface area contributed by atoms with Gasteiger partial charge in [0.15, 0.2) is 13.1 Å². The molecule has 2 rings (SSSR count). The summed E-state index contributed by atoms with van der Waals surface area (Å²) in [6.07, 6.45) is 1.43. The predicted octanol–water partition coefficient (Wildman–Crippen LogP) is 4.32. The summed E-state index contributed by atoms with van der Waals surface area (Å²) >= 11 is 5.68. The number of anilines is 1. The first kappa shape index (κ1) is 37.6. The molecule has 0 heterocycles. The van der Waals surface area contributed by atoms with Gasteiger partial charge in [0.2, 0.25) is 5.91 Å². The van der Waals surface area contributed by atoms with Crippen molar-refractivity contribution in [3.8, 4) is 5.75 Å². The molecule has 0 spiro atoms. The number of hydrogen-bond acceptors (Lipinski definition) is 8. The highest BCUT2D eigenvalue weighted by Crippen LogP contribution is 2.21. The standard InChI is InChI=1S/C19H31N5O2.C9H9ClO3.C2H6/c1-19(2,13-21-3)12-16(25)24-17(15(22-4)10-11-20)18(26)23-14-8-6-5-7-9-14;1-12-6-13-9-3-2-8(10)4-7(9)5-11;1-2/h5-9,21-22H,10-13,20H2,1-4H3,(H,23,26)(H,24,25);2-5H,6H2,1H3;1-2H3/b17-15+;;. The van der Waals surface area contributed by atoms with E-state index in [9.17, 15) is 14.4 Å². The first-order chi connectivity index (χ1) is 19.6. The van der Waals surface area contributed by atoms with Crippen molar-refractivity contribution < 1.29 is 23.9 Å². The molecule has 6 N–H and O–H groups in total. The topological polar surface area (TPSA) is 144 Å². The highest BCUT2D eigenvalue weighted by Gasteiger charge is 2.24. The molecular weight excluding hydrogens is 546 g/mol. The molecule has 2 aromatic rings. The maximum absolute atomic E-state index is 12.7. The van der Waals surface area contributed by atoms with Gasteiger partial charge in [-0.2, -0.15) is 0 Å². The second-order valence-electron chi connectivity index (χ2n) is 9.23. The van der Waals surface area contributed by atoms with Crippen LogP contribution < -0.4 is 31.7 Å². The van der Waals surface area contributed by atoms with Gasteiger partial charge in [0, 0.05) is 50.0 Å². The molecule has 0 atom stereocenters. The Morgan fingerprint density at radius 3 is 2.27 bits per heavy atom. The van der Waals surface area contributed by atoms with Crippen LogP contribution in [0.2, 0.25) is 5.02 Å². The van der Waals surface area contributed by atoms with E-state index >= 15 is 0 Å². The van der Waals surface area contributed by atoms with E-state index in [4.69, 9.17) is 26.8 Å². The van der Waals surface area contributed by atoms with E-state index in [2.05, 4.69) is 21.3 Å². The molecule has 0 bridgehead atoms. The minimum Gasteiger partial charge on any atom is -0.467 e. The van der Waals surface area contributed by atoms with Crippen molar-refractivity contribution in [1.29, 1.82) is 0 Å². The molecule has 11 heteroatoms. The summed E-state index contributed by atoms with van der Waals surface area (Å²) in [6.45, 7) is 9.16. The van der Waals surface area contributed by atoms with E-state index in [-0.39, 0.29) is 36.1 Å². The molecule has 0 unspecified atom stereocenters. The van der Waals surface area contributed by atoms with E-state index in [1.165, 1.54) is 7.11 Å². The van der Waals surface area contributed by atoms with Crippen molar-refractivity contribution in [2.24, 2.45) is 11.1 Å². The smallest absolute Gasteiger partial charge is 0.273 e. The summed E-state index contributed by atoms with van der Waals surface area (Å²) in [5.74, 6) is -0.122. The van der Waals surface area contributed by atoms with Crippen molar-refractivity contribution in [3.05, 3.63) is 70.5 Å². The summed E-state index contributed by atoms with van der Waals surface area (Å²) < 4.78 is 9.82. The van der Waals surface area contributed by atoms with E-state index in [0.29, 0.717) is 53.5 Å². The number of halogens is 1. The third kappa shape index (κ3) is 15.2. The summed E-state index contributed by atoms with van der Waals surface area (Å²) in [5.41, 5.74) is 7.29. The maximum Gasteiger partial charge on any atom is 0.273 e. The average Bonchev–Trinajstić information content (AvgIpc) is 2.95. The van der Waals surface area contributed by atoms with Crippen molar-refractivity contribution >= 4 is 35.4 Å². The minimum absolute atomic E-state index is 0.114. The van der Waals surface area contributed by atoms with Gasteiger partial charge >= 0.3 is 0 Å². The lowest BCUT2D eigenvalue weighted by molar-refractivity contribution is -0.124. The van der Waals surface area contributed by atoms with Crippen LogP contribution in [0.25, 0.3) is 0 Å². The Hall–Kier alpha value is -3.44. The SMILES string of the molecule is CC.CNCC(C)(C)CC(=O)N/C(C(=O)Nc1ccccc1)=C(\CCN)NC.COCOc1ccc(Cl)cc1C=O. The van der Waals surface area contributed by atoms with E-state index in [0.717, 1.165) is 0 Å². The van der Waals surface area contributed by atoms with E-state index in [1.54, 1.807) is 37.4 Å². The van der Waals surface area contributed by atoms with Gasteiger partial charge in [-0.05, 0) is 49.3 Å². The number of nitrogens with one attached hydrogen (secondary N) is 4. The third-order valence-corrected chi connectivity index (χ3v) is 5.48. The summed E-state index contributed by atoms with van der Waals surface area (Å²) in [6, 6.07) is 13.9. The largest absolute Gasteiger partial charge is 0.467 e. The minimum atomic E-state index is -0.381. The Labute approximate surface area is 249 Å². The fourth-order valence-corrected chi connectivity index (χ4v) is 3.71. The van der Waals surface area contributed by atoms with Crippen molar-refractivity contribution in [2.45, 2.75) is 40.5 Å². The number of benzene rings is 2. The lowest BCUT2D eigenvalue weighted by Gasteiger charge is -2.24. The number of hydrogen-bond donors (Lipinski definition) is 5. The van der Waals surface area contributed by atoms with E-state index in [1.807, 2.05) is 52.9 Å². The molecule has 0 aliphatic rings. The highest BCUT2D eigenvalue weighted by atomic mass is 35.5. The number of amides is 2. The third-order valence-electron chi connectivity index (χ3n) is 5.25. The zero-order valence-corrected chi connectivity index (χ0v) is 26.0. The number of aldehydes is 1. The molecule has 0 radical (unpaired) electrons. The zero-order valence-electron chi connectivity index (χ0n) is 25.2. The number of carbonyl (C=O) groups excluding carboxylic acids is 3. The van der Waals surface area contributed by atoms with Crippen molar-refractivity contribution in [1.82, 2.24) is 16.0 Å². The van der Waals surface area contributed by atoms with Crippen LogP contribution in [0.5, 0.6) is 5.75 Å². The van der Waals surface area contributed by atoms with Gasteiger partial charge < -0.3 is 36.5 Å². The second kappa shape index (κ2) is 21.3. The normalized spacial score (nSPS) is 11.0. The number of ether oxygens (including phenoxy) is 2. The first-order valence-electron chi connectivity index (χ1n) is 13.4. The maximum atomic E-state index is 12.7. The van der Waals surface area contributed by atoms with Crippen LogP contribution in [-0.4, -0.2) is 59.2 Å². The van der Waals surface area contributed by atoms with Gasteiger partial charge in [-0.25, -0.2) is 0 Å². The van der Waals surface area contributed by atoms with Crippen LogP contribution in [-0.2, 0) is 14.3 Å². The number of rotatable bonds is 14. The van der Waals surface area contributed by atoms with Crippen LogP contribution in [0.15, 0.2) is 59.9 Å². The molecule has 2 aromatic carbocycles. The summed E-state index contributed by atoms with van der Waals surface area (Å²) in [4.78, 5) is 35.8. The Morgan fingerprint density at radius 2 is 1.73 bits per heavy atom. The molecule has 41 heavy (non-hydrogen) atoms. The Balaban J connectivity index is 0.000000889. The quantitative estimate of drug-likeness (QED) is 0.124. The number of carbonyl (C=O) groups is 3. The Kier molecular flexibility index (Phi) is 19.5. The first-order valence-corrected chi connectivity index (χ1v) is 13.8. The molecule has 0 aliphatic heterocycles. The molecule has 0 aliphatic carbocycles. The molecule has 0 saturated carbocycles. The zero-order chi connectivity index (χ0) is 31.3. The van der Waals surface area contributed by atoms with Crippen molar-refractivity contribution in [2.75, 3.05) is 46.4 Å². The number of methoxy groups -OCH3 is 1. The van der Waals surface area contributed by atoms with Crippen LogP contribution in [0, 0.1) is 5.41 Å². The predicted molar refractivity (Wildman–Crippen MR) is 166 cm³/mol. The lowest BCUT2D eigenvalue weighted by Crippen LogP contribution is -2.38. The lowest BCUT2D eigenvalue weighted by atomic mass is 9.89. The molecule has 0 saturated heterocycles. The summed E-state index contributed by atoms with van der Waals surface area (Å²) in [7, 11) is 5.06. The van der Waals surface area contributed by atoms with Crippen LogP contribution in [0.4, 0.5) is 5.69 Å². The second-order valence-corrected chi connectivity index (χ2v) is 9.67. The number of para-hydroxylation sites is 1. The van der Waals surface area contributed by atoms with Gasteiger partial charge in [0.25, 0.3) is 5.91 Å². The van der Waals surface area contributed by atoms with Gasteiger partial charge in [0.05, 0.1) is 5.56 Å². The van der Waals surface area contributed by atoms with Crippen LogP contribution in [0.3, 0.4) is 0 Å². The molecule has 2 amide bonds. The van der Waals surface area contributed by atoms with Crippen LogP contribution in [0.1, 0.15) is 50.9 Å².